The Kier molecular flexibility index (Phi) is 3.73. The summed E-state index contributed by atoms with van der Waals surface area (Å²) in [5.41, 5.74) is 5.41. The molecule has 5 heteroatoms. The second-order valence-electron chi connectivity index (χ2n) is 6.18. The average Bonchev–Trinajstić information content (AvgIpc) is 2.70. The highest BCUT2D eigenvalue weighted by Gasteiger charge is 2.26. The van der Waals surface area contributed by atoms with Crippen LogP contribution in [0.2, 0.25) is 0 Å². The van der Waals surface area contributed by atoms with Crippen molar-refractivity contribution < 1.29 is 4.52 Å². The fourth-order valence-electron chi connectivity index (χ4n) is 2.45. The van der Waals surface area contributed by atoms with Crippen LogP contribution in [0.4, 0.5) is 0 Å². The SMILES string of the molecule is C[C@@H]1CCN(Cc2nc(C(C)(C)N)no2)[C@H](C)C1. The molecular weight excluding hydrogens is 228 g/mol. The van der Waals surface area contributed by atoms with Gasteiger partial charge in [-0.3, -0.25) is 4.90 Å². The largest absolute Gasteiger partial charge is 0.338 e. The van der Waals surface area contributed by atoms with Gasteiger partial charge in [0.15, 0.2) is 5.82 Å². The first-order valence-corrected chi connectivity index (χ1v) is 6.72. The summed E-state index contributed by atoms with van der Waals surface area (Å²) in [6, 6.07) is 0.579. The molecule has 0 aliphatic carbocycles. The maximum Gasteiger partial charge on any atom is 0.240 e. The van der Waals surface area contributed by atoms with Crippen LogP contribution >= 0.6 is 0 Å². The number of nitrogens with two attached hydrogens (primary N) is 1. The van der Waals surface area contributed by atoms with Crippen molar-refractivity contribution in [2.75, 3.05) is 6.54 Å². The Labute approximate surface area is 109 Å². The minimum Gasteiger partial charge on any atom is -0.338 e. The smallest absolute Gasteiger partial charge is 0.240 e. The summed E-state index contributed by atoms with van der Waals surface area (Å²) in [4.78, 5) is 6.79. The zero-order valence-electron chi connectivity index (χ0n) is 11.8. The van der Waals surface area contributed by atoms with E-state index in [-0.39, 0.29) is 0 Å². The van der Waals surface area contributed by atoms with Crippen molar-refractivity contribution in [2.45, 2.75) is 58.7 Å². The third-order valence-corrected chi connectivity index (χ3v) is 3.66. The Morgan fingerprint density at radius 3 is 2.72 bits per heavy atom. The van der Waals surface area contributed by atoms with Gasteiger partial charge in [-0.25, -0.2) is 0 Å². The van der Waals surface area contributed by atoms with E-state index in [9.17, 15) is 0 Å². The van der Waals surface area contributed by atoms with Gasteiger partial charge in [-0.2, -0.15) is 4.98 Å². The number of likely N-dealkylation sites (tertiary alicyclic amines) is 1. The first kappa shape index (κ1) is 13.5. The predicted molar refractivity (Wildman–Crippen MR) is 69.8 cm³/mol. The Morgan fingerprint density at radius 2 is 2.17 bits per heavy atom. The molecule has 1 fully saturated rings. The number of rotatable bonds is 3. The highest BCUT2D eigenvalue weighted by molar-refractivity contribution is 4.99. The highest BCUT2D eigenvalue weighted by Crippen LogP contribution is 2.23. The molecule has 1 saturated heterocycles. The summed E-state index contributed by atoms with van der Waals surface area (Å²) in [6.07, 6.45) is 2.48. The van der Waals surface area contributed by atoms with Crippen molar-refractivity contribution >= 4 is 0 Å². The third kappa shape index (κ3) is 3.09. The minimum absolute atomic E-state index is 0.538. The van der Waals surface area contributed by atoms with Crippen LogP contribution < -0.4 is 5.73 Å². The summed E-state index contributed by atoms with van der Waals surface area (Å²) in [7, 11) is 0. The first-order chi connectivity index (χ1) is 8.36. The molecule has 0 amide bonds. The molecule has 0 unspecified atom stereocenters. The van der Waals surface area contributed by atoms with E-state index in [1.807, 2.05) is 13.8 Å². The lowest BCUT2D eigenvalue weighted by Crippen LogP contribution is -2.39. The normalized spacial score (nSPS) is 26.5. The summed E-state index contributed by atoms with van der Waals surface area (Å²) in [5, 5.41) is 3.96. The van der Waals surface area contributed by atoms with Gasteiger partial charge in [0.2, 0.25) is 5.89 Å². The summed E-state index contributed by atoms with van der Waals surface area (Å²) < 4.78 is 5.29. The van der Waals surface area contributed by atoms with Crippen LogP contribution in [-0.4, -0.2) is 27.6 Å². The van der Waals surface area contributed by atoms with Crippen LogP contribution in [0, 0.1) is 5.92 Å². The molecule has 2 atom stereocenters. The van der Waals surface area contributed by atoms with Crippen molar-refractivity contribution in [3.63, 3.8) is 0 Å². The summed E-state index contributed by atoms with van der Waals surface area (Å²) in [5.74, 6) is 2.07. The number of hydrogen-bond acceptors (Lipinski definition) is 5. The van der Waals surface area contributed by atoms with Crippen molar-refractivity contribution in [3.05, 3.63) is 11.7 Å². The lowest BCUT2D eigenvalue weighted by atomic mass is 9.93. The third-order valence-electron chi connectivity index (χ3n) is 3.66. The molecule has 5 nitrogen and oxygen atoms in total. The average molecular weight is 252 g/mol. The molecule has 1 aliphatic rings. The van der Waals surface area contributed by atoms with E-state index >= 15 is 0 Å². The highest BCUT2D eigenvalue weighted by atomic mass is 16.5. The molecule has 1 aromatic rings. The molecule has 2 N–H and O–H groups in total. The number of nitrogens with zero attached hydrogens (tertiary/aromatic N) is 3. The van der Waals surface area contributed by atoms with E-state index in [1.54, 1.807) is 0 Å². The van der Waals surface area contributed by atoms with E-state index in [1.165, 1.54) is 12.8 Å². The quantitative estimate of drug-likeness (QED) is 0.889. The van der Waals surface area contributed by atoms with E-state index < -0.39 is 5.54 Å². The number of piperidine rings is 1. The number of aromatic nitrogens is 2. The lowest BCUT2D eigenvalue weighted by Gasteiger charge is -2.35. The minimum atomic E-state index is -0.538. The van der Waals surface area contributed by atoms with Crippen molar-refractivity contribution in [1.29, 1.82) is 0 Å². The van der Waals surface area contributed by atoms with Gasteiger partial charge in [-0.1, -0.05) is 12.1 Å². The molecule has 2 rings (SSSR count). The van der Waals surface area contributed by atoms with Gasteiger partial charge in [0.25, 0.3) is 0 Å². The van der Waals surface area contributed by atoms with Crippen LogP contribution in [-0.2, 0) is 12.1 Å². The fraction of sp³-hybridized carbons (Fsp3) is 0.846. The monoisotopic (exact) mass is 252 g/mol. The second-order valence-corrected chi connectivity index (χ2v) is 6.18. The Hall–Kier alpha value is -0.940. The maximum atomic E-state index is 5.95. The zero-order valence-corrected chi connectivity index (χ0v) is 11.8. The van der Waals surface area contributed by atoms with Crippen molar-refractivity contribution in [2.24, 2.45) is 11.7 Å². The van der Waals surface area contributed by atoms with Gasteiger partial charge in [0.05, 0.1) is 12.1 Å². The first-order valence-electron chi connectivity index (χ1n) is 6.72. The van der Waals surface area contributed by atoms with Gasteiger partial charge in [0.1, 0.15) is 0 Å². The fourth-order valence-corrected chi connectivity index (χ4v) is 2.45. The van der Waals surface area contributed by atoms with Crippen LogP contribution in [0.15, 0.2) is 4.52 Å². The van der Waals surface area contributed by atoms with Gasteiger partial charge >= 0.3 is 0 Å². The van der Waals surface area contributed by atoms with Gasteiger partial charge in [0, 0.05) is 6.04 Å². The standard InChI is InChI=1S/C13H24N4O/c1-9-5-6-17(10(2)7-9)8-11-15-12(16-18-11)13(3,4)14/h9-10H,5-8,14H2,1-4H3/t9-,10-/m1/s1. The molecule has 0 saturated carbocycles. The molecule has 18 heavy (non-hydrogen) atoms. The van der Waals surface area contributed by atoms with E-state index in [2.05, 4.69) is 28.9 Å². The van der Waals surface area contributed by atoms with Crippen molar-refractivity contribution in [3.8, 4) is 0 Å². The second kappa shape index (κ2) is 4.97. The lowest BCUT2D eigenvalue weighted by molar-refractivity contribution is 0.108. The van der Waals surface area contributed by atoms with Crippen LogP contribution in [0.1, 0.15) is 52.3 Å². The van der Waals surface area contributed by atoms with E-state index in [4.69, 9.17) is 10.3 Å². The zero-order chi connectivity index (χ0) is 13.3. The van der Waals surface area contributed by atoms with Crippen molar-refractivity contribution in [1.82, 2.24) is 15.0 Å². The van der Waals surface area contributed by atoms with E-state index in [0.29, 0.717) is 17.8 Å². The molecule has 1 aliphatic heterocycles. The molecule has 0 spiro atoms. The molecule has 0 aromatic carbocycles. The van der Waals surface area contributed by atoms with Crippen LogP contribution in [0.25, 0.3) is 0 Å². The predicted octanol–water partition coefficient (Wildman–Crippen LogP) is 1.88. The Morgan fingerprint density at radius 1 is 1.44 bits per heavy atom. The molecule has 2 heterocycles. The number of hydrogen-bond donors (Lipinski definition) is 1. The van der Waals surface area contributed by atoms with Gasteiger partial charge in [-0.15, -0.1) is 0 Å². The summed E-state index contributed by atoms with van der Waals surface area (Å²) >= 11 is 0. The Balaban J connectivity index is 1.99. The van der Waals surface area contributed by atoms with Gasteiger partial charge < -0.3 is 10.3 Å². The molecule has 102 valence electrons. The van der Waals surface area contributed by atoms with Gasteiger partial charge in [-0.05, 0) is 46.1 Å². The molecule has 0 radical (unpaired) electrons. The summed E-state index contributed by atoms with van der Waals surface area (Å²) in [6.45, 7) is 10.2. The molecule has 1 aromatic heterocycles. The molecule has 0 bridgehead atoms. The van der Waals surface area contributed by atoms with E-state index in [0.717, 1.165) is 19.0 Å². The molecular formula is C13H24N4O. The maximum absolute atomic E-state index is 5.95. The van der Waals surface area contributed by atoms with Crippen LogP contribution in [0.5, 0.6) is 0 Å². The topological polar surface area (TPSA) is 68.2 Å². The Bertz CT molecular complexity index is 396. The van der Waals surface area contributed by atoms with Crippen LogP contribution in [0.3, 0.4) is 0 Å².